The van der Waals surface area contributed by atoms with Crippen LogP contribution in [0.3, 0.4) is 0 Å². The minimum atomic E-state index is -0.334. The summed E-state index contributed by atoms with van der Waals surface area (Å²) in [4.78, 5) is 19.6. The number of amides is 1. The quantitative estimate of drug-likeness (QED) is 0.718. The van der Waals surface area contributed by atoms with Gasteiger partial charge in [0.1, 0.15) is 11.6 Å². The average Bonchev–Trinajstić information content (AvgIpc) is 2.93. The molecule has 0 saturated heterocycles. The van der Waals surface area contributed by atoms with Gasteiger partial charge in [-0.2, -0.15) is 0 Å². The Kier molecular flexibility index (Phi) is 4.71. The Morgan fingerprint density at radius 2 is 2.09 bits per heavy atom. The topological polar surface area (TPSA) is 57.8 Å². The Bertz CT molecular complexity index is 814. The van der Waals surface area contributed by atoms with Crippen molar-refractivity contribution < 1.29 is 9.18 Å². The lowest BCUT2D eigenvalue weighted by Gasteiger charge is -2.05. The van der Waals surface area contributed by atoms with Gasteiger partial charge >= 0.3 is 0 Å². The lowest BCUT2D eigenvalue weighted by Crippen LogP contribution is -2.27. The number of nitrogens with zero attached hydrogens (tertiary/aromatic N) is 1. The molecule has 0 unspecified atom stereocenters. The van der Waals surface area contributed by atoms with Crippen LogP contribution in [0.15, 0.2) is 46.9 Å². The highest BCUT2D eigenvalue weighted by molar-refractivity contribution is 9.10. The van der Waals surface area contributed by atoms with Crippen molar-refractivity contribution in [3.05, 3.63) is 64.1 Å². The van der Waals surface area contributed by atoms with Crippen molar-refractivity contribution in [1.82, 2.24) is 15.3 Å². The van der Waals surface area contributed by atoms with Crippen molar-refractivity contribution in [2.75, 3.05) is 6.54 Å². The van der Waals surface area contributed by atoms with Crippen LogP contribution >= 0.6 is 15.9 Å². The summed E-state index contributed by atoms with van der Waals surface area (Å²) in [5, 5.41) is 2.85. The predicted octanol–water partition coefficient (Wildman–Crippen LogP) is 3.37. The Labute approximate surface area is 141 Å². The number of fused-ring (bicyclic) bond motifs is 1. The van der Waals surface area contributed by atoms with Gasteiger partial charge < -0.3 is 10.3 Å². The molecule has 23 heavy (non-hydrogen) atoms. The number of halogens is 2. The number of aromatic amines is 1. The summed E-state index contributed by atoms with van der Waals surface area (Å²) in [6, 6.07) is 12.4. The summed E-state index contributed by atoms with van der Waals surface area (Å²) in [6.07, 6.45) is 0.854. The number of rotatable bonds is 5. The van der Waals surface area contributed by atoms with E-state index in [9.17, 15) is 9.18 Å². The molecule has 1 aromatic heterocycles. The third kappa shape index (κ3) is 3.96. The molecule has 0 fully saturated rings. The second kappa shape index (κ2) is 6.91. The van der Waals surface area contributed by atoms with E-state index in [1.54, 1.807) is 12.1 Å². The molecule has 2 aromatic carbocycles. The lowest BCUT2D eigenvalue weighted by atomic mass is 10.1. The molecular formula is C17H15BrFN3O. The molecule has 118 valence electrons. The van der Waals surface area contributed by atoms with Crippen molar-refractivity contribution in [2.24, 2.45) is 0 Å². The van der Waals surface area contributed by atoms with E-state index >= 15 is 0 Å². The van der Waals surface area contributed by atoms with E-state index in [2.05, 4.69) is 31.2 Å². The first-order valence-corrected chi connectivity index (χ1v) is 8.05. The Hall–Kier alpha value is -2.21. The van der Waals surface area contributed by atoms with E-state index in [0.29, 0.717) is 17.4 Å². The zero-order chi connectivity index (χ0) is 16.2. The summed E-state index contributed by atoms with van der Waals surface area (Å²) in [5.74, 6) is 0.412. The number of benzene rings is 2. The number of para-hydroxylation sites is 2. The first-order chi connectivity index (χ1) is 11.1. The minimum Gasteiger partial charge on any atom is -0.355 e. The summed E-state index contributed by atoms with van der Waals surface area (Å²) in [6.45, 7) is 0.501. The highest BCUT2D eigenvalue weighted by Gasteiger charge is 2.07. The largest absolute Gasteiger partial charge is 0.355 e. The highest BCUT2D eigenvalue weighted by Crippen LogP contribution is 2.17. The van der Waals surface area contributed by atoms with Gasteiger partial charge in [0, 0.05) is 13.0 Å². The van der Waals surface area contributed by atoms with Crippen LogP contribution in [0.2, 0.25) is 0 Å². The Balaban J connectivity index is 1.51. The highest BCUT2D eigenvalue weighted by atomic mass is 79.9. The summed E-state index contributed by atoms with van der Waals surface area (Å²) in [5.41, 5.74) is 2.68. The van der Waals surface area contributed by atoms with Crippen LogP contribution in [-0.4, -0.2) is 22.4 Å². The van der Waals surface area contributed by atoms with Crippen molar-refractivity contribution in [1.29, 1.82) is 0 Å². The minimum absolute atomic E-state index is 0.0976. The van der Waals surface area contributed by atoms with Crippen LogP contribution in [0, 0.1) is 5.82 Å². The number of hydrogen-bond donors (Lipinski definition) is 2. The van der Waals surface area contributed by atoms with Gasteiger partial charge in [-0.15, -0.1) is 0 Å². The summed E-state index contributed by atoms with van der Waals surface area (Å²) < 4.78 is 13.5. The maximum atomic E-state index is 13.2. The molecule has 0 aliphatic heterocycles. The van der Waals surface area contributed by atoms with Crippen LogP contribution in [0.25, 0.3) is 11.0 Å². The lowest BCUT2D eigenvalue weighted by molar-refractivity contribution is -0.120. The van der Waals surface area contributed by atoms with Crippen molar-refractivity contribution in [2.45, 2.75) is 12.8 Å². The number of carbonyl (C=O) groups is 1. The van der Waals surface area contributed by atoms with Crippen LogP contribution < -0.4 is 5.32 Å². The molecule has 1 heterocycles. The Morgan fingerprint density at radius 3 is 2.87 bits per heavy atom. The third-order valence-electron chi connectivity index (χ3n) is 3.47. The zero-order valence-electron chi connectivity index (χ0n) is 12.3. The molecule has 0 atom stereocenters. The van der Waals surface area contributed by atoms with Gasteiger partial charge in [-0.05, 0) is 45.8 Å². The molecule has 0 spiro atoms. The molecule has 3 aromatic rings. The van der Waals surface area contributed by atoms with Crippen molar-refractivity contribution >= 4 is 32.9 Å². The zero-order valence-corrected chi connectivity index (χ0v) is 13.9. The van der Waals surface area contributed by atoms with Gasteiger partial charge in [-0.25, -0.2) is 9.37 Å². The molecular weight excluding hydrogens is 361 g/mol. The number of aromatic nitrogens is 2. The van der Waals surface area contributed by atoms with Gasteiger partial charge in [-0.3, -0.25) is 4.79 Å². The van der Waals surface area contributed by atoms with E-state index < -0.39 is 0 Å². The fourth-order valence-electron chi connectivity index (χ4n) is 2.34. The van der Waals surface area contributed by atoms with E-state index in [1.165, 1.54) is 6.07 Å². The molecule has 2 N–H and O–H groups in total. The SMILES string of the molecule is O=C(Cc1ccc(F)c(Br)c1)NCCc1nc2ccccc2[nH]1. The van der Waals surface area contributed by atoms with Crippen LogP contribution in [0.1, 0.15) is 11.4 Å². The maximum absolute atomic E-state index is 13.2. The molecule has 0 saturated carbocycles. The van der Waals surface area contributed by atoms with Gasteiger partial charge in [0.25, 0.3) is 0 Å². The van der Waals surface area contributed by atoms with E-state index in [-0.39, 0.29) is 18.1 Å². The van der Waals surface area contributed by atoms with E-state index in [0.717, 1.165) is 22.4 Å². The maximum Gasteiger partial charge on any atom is 0.224 e. The fourth-order valence-corrected chi connectivity index (χ4v) is 2.77. The standard InChI is InChI=1S/C17H15BrFN3O/c18-12-9-11(5-6-13(12)19)10-17(23)20-8-7-16-21-14-3-1-2-4-15(14)22-16/h1-6,9H,7-8,10H2,(H,20,23)(H,21,22). The normalized spacial score (nSPS) is 10.9. The number of hydrogen-bond acceptors (Lipinski definition) is 2. The first-order valence-electron chi connectivity index (χ1n) is 7.26. The van der Waals surface area contributed by atoms with Crippen LogP contribution in [0.5, 0.6) is 0 Å². The smallest absolute Gasteiger partial charge is 0.224 e. The van der Waals surface area contributed by atoms with Crippen molar-refractivity contribution in [3.8, 4) is 0 Å². The predicted molar refractivity (Wildman–Crippen MR) is 90.6 cm³/mol. The van der Waals surface area contributed by atoms with Gasteiger partial charge in [0.05, 0.1) is 21.9 Å². The summed E-state index contributed by atoms with van der Waals surface area (Å²) in [7, 11) is 0. The first kappa shape index (κ1) is 15.7. The molecule has 3 rings (SSSR count). The number of H-pyrrole nitrogens is 1. The molecule has 0 radical (unpaired) electrons. The van der Waals surface area contributed by atoms with Gasteiger partial charge in [0.2, 0.25) is 5.91 Å². The average molecular weight is 376 g/mol. The number of imidazole rings is 1. The molecule has 6 heteroatoms. The van der Waals surface area contributed by atoms with Crippen molar-refractivity contribution in [3.63, 3.8) is 0 Å². The van der Waals surface area contributed by atoms with Crippen LogP contribution in [-0.2, 0) is 17.6 Å². The summed E-state index contributed by atoms with van der Waals surface area (Å²) >= 11 is 3.12. The van der Waals surface area contributed by atoms with E-state index in [4.69, 9.17) is 0 Å². The number of carbonyl (C=O) groups excluding carboxylic acids is 1. The third-order valence-corrected chi connectivity index (χ3v) is 4.08. The number of nitrogens with one attached hydrogen (secondary N) is 2. The fraction of sp³-hybridized carbons (Fsp3) is 0.176. The van der Waals surface area contributed by atoms with E-state index in [1.807, 2.05) is 24.3 Å². The molecule has 0 bridgehead atoms. The second-order valence-electron chi connectivity index (χ2n) is 5.23. The van der Waals surface area contributed by atoms with Gasteiger partial charge in [-0.1, -0.05) is 18.2 Å². The molecule has 0 aliphatic carbocycles. The van der Waals surface area contributed by atoms with Crippen LogP contribution in [0.4, 0.5) is 4.39 Å². The Morgan fingerprint density at radius 1 is 1.26 bits per heavy atom. The second-order valence-corrected chi connectivity index (χ2v) is 6.08. The molecule has 4 nitrogen and oxygen atoms in total. The molecule has 1 amide bonds. The molecule has 0 aliphatic rings. The van der Waals surface area contributed by atoms with Gasteiger partial charge in [0.15, 0.2) is 0 Å². The monoisotopic (exact) mass is 375 g/mol.